The summed E-state index contributed by atoms with van der Waals surface area (Å²) in [5.74, 6) is -5.67. The fourth-order valence-corrected chi connectivity index (χ4v) is 5.58. The van der Waals surface area contributed by atoms with Gasteiger partial charge in [-0.3, -0.25) is 14.5 Å². The molecule has 2 heterocycles. The third-order valence-corrected chi connectivity index (χ3v) is 7.57. The van der Waals surface area contributed by atoms with Crippen LogP contribution in [0.15, 0.2) is 48.5 Å². The fraction of sp³-hybridized carbons (Fsp3) is 0.357. The van der Waals surface area contributed by atoms with Crippen molar-refractivity contribution in [2.75, 3.05) is 26.4 Å². The highest BCUT2D eigenvalue weighted by molar-refractivity contribution is 5.94. The van der Waals surface area contributed by atoms with Crippen molar-refractivity contribution in [3.8, 4) is 0 Å². The monoisotopic (exact) mass is 543 g/mol. The first kappa shape index (κ1) is 26.7. The van der Waals surface area contributed by atoms with E-state index in [0.717, 1.165) is 17.7 Å². The number of hydrogen-bond acceptors (Lipinski definition) is 4. The smallest absolute Gasteiger partial charge is 0.268 e. The second kappa shape index (κ2) is 9.71. The highest BCUT2D eigenvalue weighted by atomic mass is 19.3. The summed E-state index contributed by atoms with van der Waals surface area (Å²) in [7, 11) is 2.95. The average molecular weight is 544 g/mol. The number of carbonyl (C=O) groups excluding carboxylic acids is 2. The summed E-state index contributed by atoms with van der Waals surface area (Å²) in [6.07, 6.45) is -1.06. The minimum Gasteiger partial charge on any atom is -0.399 e. The molecule has 2 amide bonds. The molecule has 2 aliphatic rings. The van der Waals surface area contributed by atoms with Crippen molar-refractivity contribution in [3.63, 3.8) is 0 Å². The Morgan fingerprint density at radius 3 is 2.23 bits per heavy atom. The Morgan fingerprint density at radius 2 is 1.64 bits per heavy atom. The number of carbonyl (C=O) groups is 2. The van der Waals surface area contributed by atoms with Gasteiger partial charge in [0, 0.05) is 75.6 Å². The van der Waals surface area contributed by atoms with Crippen molar-refractivity contribution >= 4 is 17.5 Å². The number of halogens is 4. The van der Waals surface area contributed by atoms with Crippen molar-refractivity contribution in [1.29, 1.82) is 0 Å². The molecule has 5 rings (SSSR count). The van der Waals surface area contributed by atoms with Crippen molar-refractivity contribution in [2.24, 2.45) is 0 Å². The number of nitrogens with one attached hydrogen (secondary N) is 1. The first-order chi connectivity index (χ1) is 18.4. The van der Waals surface area contributed by atoms with E-state index in [1.165, 1.54) is 19.0 Å². The first-order valence-corrected chi connectivity index (χ1v) is 12.6. The Kier molecular flexibility index (Phi) is 6.66. The Morgan fingerprint density at radius 1 is 1.00 bits per heavy atom. The lowest BCUT2D eigenvalue weighted by Gasteiger charge is -2.56. The van der Waals surface area contributed by atoms with Crippen molar-refractivity contribution in [1.82, 2.24) is 19.7 Å². The van der Waals surface area contributed by atoms with Gasteiger partial charge < -0.3 is 20.5 Å². The summed E-state index contributed by atoms with van der Waals surface area (Å²) in [4.78, 5) is 28.1. The van der Waals surface area contributed by atoms with Gasteiger partial charge in [0.05, 0.1) is 5.54 Å². The number of nitrogen functional groups attached to an aromatic ring is 1. The van der Waals surface area contributed by atoms with E-state index in [-0.39, 0.29) is 43.2 Å². The molecule has 39 heavy (non-hydrogen) atoms. The zero-order valence-corrected chi connectivity index (χ0v) is 21.6. The minimum absolute atomic E-state index is 0.134. The lowest BCUT2D eigenvalue weighted by Crippen LogP contribution is -2.63. The molecule has 0 atom stereocenters. The number of hydrogen-bond donors (Lipinski definition) is 2. The van der Waals surface area contributed by atoms with Gasteiger partial charge in [-0.25, -0.2) is 17.6 Å². The fourth-order valence-electron chi connectivity index (χ4n) is 5.58. The maximum Gasteiger partial charge on any atom is 0.268 e. The lowest BCUT2D eigenvalue weighted by atomic mass is 9.68. The number of alkyl halides is 2. The van der Waals surface area contributed by atoms with Crippen LogP contribution in [0.3, 0.4) is 0 Å². The van der Waals surface area contributed by atoms with Gasteiger partial charge in [-0.2, -0.15) is 0 Å². The summed E-state index contributed by atoms with van der Waals surface area (Å²) in [5.41, 5.74) is 6.39. The zero-order valence-electron chi connectivity index (χ0n) is 21.6. The number of benzene rings is 2. The standard InChI is InChI=1S/C28H29F4N5O2/c1-35(2)26(39)18-11-21(29)20(22(30)12-18)14-36-9-10-37-23(7-8-24(37)27(36)15-28(31,32)16-27)25(38)34-13-17-3-5-19(33)6-4-17/h3-8,11-12H,9-10,13-16,33H2,1-2H3,(H,34,38). The van der Waals surface area contributed by atoms with Gasteiger partial charge in [-0.05, 0) is 42.0 Å². The molecular weight excluding hydrogens is 514 g/mol. The topological polar surface area (TPSA) is 83.6 Å². The Bertz CT molecular complexity index is 1400. The number of rotatable bonds is 6. The molecule has 0 bridgehead atoms. The van der Waals surface area contributed by atoms with Crippen LogP contribution in [0.5, 0.6) is 0 Å². The number of fused-ring (bicyclic) bond motifs is 2. The number of anilines is 1. The van der Waals surface area contributed by atoms with Crippen molar-refractivity contribution < 1.29 is 27.2 Å². The molecule has 0 unspecified atom stereocenters. The van der Waals surface area contributed by atoms with Crippen LogP contribution in [0.2, 0.25) is 0 Å². The van der Waals surface area contributed by atoms with Crippen LogP contribution < -0.4 is 11.1 Å². The van der Waals surface area contributed by atoms with E-state index in [9.17, 15) is 18.4 Å². The van der Waals surface area contributed by atoms with Crippen molar-refractivity contribution in [3.05, 3.63) is 88.2 Å². The molecule has 3 aromatic rings. The molecule has 1 spiro atoms. The molecule has 7 nitrogen and oxygen atoms in total. The summed E-state index contributed by atoms with van der Waals surface area (Å²) in [6.45, 7) is 0.488. The maximum absolute atomic E-state index is 15.0. The Labute approximate surface area is 223 Å². The van der Waals surface area contributed by atoms with Crippen molar-refractivity contribution in [2.45, 2.75) is 43.9 Å². The van der Waals surface area contributed by atoms with Gasteiger partial charge in [0.1, 0.15) is 17.3 Å². The van der Waals surface area contributed by atoms with E-state index in [4.69, 9.17) is 5.73 Å². The average Bonchev–Trinajstić information content (AvgIpc) is 3.30. The predicted octanol–water partition coefficient (Wildman–Crippen LogP) is 4.12. The molecule has 0 saturated heterocycles. The van der Waals surface area contributed by atoms with E-state index >= 15 is 8.78 Å². The van der Waals surface area contributed by atoms with Crippen LogP contribution >= 0.6 is 0 Å². The zero-order chi connectivity index (χ0) is 28.1. The van der Waals surface area contributed by atoms with Gasteiger partial charge in [0.25, 0.3) is 17.7 Å². The highest BCUT2D eigenvalue weighted by Gasteiger charge is 2.62. The van der Waals surface area contributed by atoms with E-state index in [0.29, 0.717) is 17.1 Å². The van der Waals surface area contributed by atoms with Crippen LogP contribution in [-0.4, -0.2) is 52.7 Å². The van der Waals surface area contributed by atoms with Gasteiger partial charge in [0.2, 0.25) is 0 Å². The predicted molar refractivity (Wildman–Crippen MR) is 137 cm³/mol. The van der Waals surface area contributed by atoms with Gasteiger partial charge in [0.15, 0.2) is 0 Å². The van der Waals surface area contributed by atoms with E-state index < -0.39 is 41.8 Å². The Hall–Kier alpha value is -3.86. The summed E-state index contributed by atoms with van der Waals surface area (Å²) < 4.78 is 60.4. The molecule has 1 aliphatic heterocycles. The second-order valence-electron chi connectivity index (χ2n) is 10.5. The molecule has 2 aromatic carbocycles. The molecule has 206 valence electrons. The number of nitrogens with two attached hydrogens (primary N) is 1. The van der Waals surface area contributed by atoms with Crippen LogP contribution in [0.1, 0.15) is 50.5 Å². The van der Waals surface area contributed by atoms with Gasteiger partial charge >= 0.3 is 0 Å². The summed E-state index contributed by atoms with van der Waals surface area (Å²) >= 11 is 0. The van der Waals surface area contributed by atoms with E-state index in [1.54, 1.807) is 45.9 Å². The molecule has 1 aromatic heterocycles. The van der Waals surface area contributed by atoms with E-state index in [1.807, 2.05) is 0 Å². The molecule has 0 radical (unpaired) electrons. The third kappa shape index (κ3) is 4.87. The normalized spacial score (nSPS) is 17.4. The minimum atomic E-state index is -2.94. The second-order valence-corrected chi connectivity index (χ2v) is 10.5. The summed E-state index contributed by atoms with van der Waals surface area (Å²) in [6, 6.07) is 12.2. The van der Waals surface area contributed by atoms with Crippen LogP contribution in [0.4, 0.5) is 23.2 Å². The van der Waals surface area contributed by atoms with Crippen LogP contribution in [0, 0.1) is 11.6 Å². The molecule has 3 N–H and O–H groups in total. The quantitative estimate of drug-likeness (QED) is 0.362. The molecule has 1 aliphatic carbocycles. The SMILES string of the molecule is CN(C)C(=O)c1cc(F)c(CN2CCn3c(C(=O)NCc4ccc(N)cc4)ccc3C23CC(F)(F)C3)c(F)c1. The molecule has 1 fully saturated rings. The number of nitrogens with zero attached hydrogens (tertiary/aromatic N) is 3. The summed E-state index contributed by atoms with van der Waals surface area (Å²) in [5, 5.41) is 2.85. The lowest BCUT2D eigenvalue weighted by molar-refractivity contribution is -0.193. The molecule has 1 saturated carbocycles. The van der Waals surface area contributed by atoms with Crippen LogP contribution in [-0.2, 0) is 25.2 Å². The largest absolute Gasteiger partial charge is 0.399 e. The highest BCUT2D eigenvalue weighted by Crippen LogP contribution is 2.57. The van der Waals surface area contributed by atoms with Gasteiger partial charge in [-0.15, -0.1) is 0 Å². The van der Waals surface area contributed by atoms with Crippen LogP contribution in [0.25, 0.3) is 0 Å². The maximum atomic E-state index is 15.0. The van der Waals surface area contributed by atoms with E-state index in [2.05, 4.69) is 5.32 Å². The van der Waals surface area contributed by atoms with Gasteiger partial charge in [-0.1, -0.05) is 12.1 Å². The number of aromatic nitrogens is 1. The molecule has 11 heteroatoms. The third-order valence-electron chi connectivity index (χ3n) is 7.57. The molecular formula is C28H29F4N5O2. The number of amides is 2. The Balaban J connectivity index is 1.40. The first-order valence-electron chi connectivity index (χ1n) is 12.6.